The molecular weight excluding hydrogens is 664 g/mol. The maximum absolute atomic E-state index is 12.7. The van der Waals surface area contributed by atoms with E-state index in [1.807, 2.05) is 48.5 Å². The lowest BCUT2D eigenvalue weighted by Crippen LogP contribution is -2.09. The molecule has 0 bridgehead atoms. The molecule has 0 amide bonds. The Balaban J connectivity index is 1.15. The standard InChI is InChI=1S/C42H46O10/c1-3-39(43)49-29-8-6-5-7-27-47-35-19-15-32(16-20-35)31-11-13-33(14-12-31)41(45)51-37-23-25-38(26-24-37)52-42(46)34-17-21-36(22-18-34)48-28-9-10-30-50-40(44)4-2/h3-4,11-23,25,41,45H,1-2,5-10,24,26-30H2. The molecule has 0 aromatic heterocycles. The number of hydrogen-bond donors (Lipinski definition) is 1. The fourth-order valence-electron chi connectivity index (χ4n) is 5.05. The molecule has 10 heteroatoms. The number of carbonyl (C=O) groups excluding carboxylic acids is 3. The maximum atomic E-state index is 12.7. The van der Waals surface area contributed by atoms with Gasteiger partial charge in [-0.05, 0) is 98.2 Å². The average Bonchev–Trinajstić information content (AvgIpc) is 3.18. The molecule has 0 saturated heterocycles. The van der Waals surface area contributed by atoms with Crippen molar-refractivity contribution in [2.75, 3.05) is 26.4 Å². The van der Waals surface area contributed by atoms with Crippen molar-refractivity contribution in [2.45, 2.75) is 57.7 Å². The number of esters is 3. The number of ether oxygens (including phenoxy) is 6. The minimum absolute atomic E-state index is 0.310. The van der Waals surface area contributed by atoms with E-state index in [0.717, 1.165) is 48.6 Å². The van der Waals surface area contributed by atoms with Crippen LogP contribution >= 0.6 is 0 Å². The SMILES string of the molecule is C=CC(=O)OCCCCCCOc1ccc(-c2ccc(C(O)OC3=CC=C(OC(=O)c4ccc(OCCCCOC(=O)C=C)cc4)CC3)cc2)cc1. The first-order valence-corrected chi connectivity index (χ1v) is 17.5. The molecule has 0 aliphatic heterocycles. The summed E-state index contributed by atoms with van der Waals surface area (Å²) < 4.78 is 32.8. The second-order valence-corrected chi connectivity index (χ2v) is 11.9. The Labute approximate surface area is 305 Å². The van der Waals surface area contributed by atoms with Gasteiger partial charge in [0.2, 0.25) is 6.29 Å². The van der Waals surface area contributed by atoms with E-state index >= 15 is 0 Å². The van der Waals surface area contributed by atoms with E-state index in [0.29, 0.717) is 80.5 Å². The van der Waals surface area contributed by atoms with Crippen molar-refractivity contribution in [3.63, 3.8) is 0 Å². The van der Waals surface area contributed by atoms with Crippen LogP contribution in [-0.4, -0.2) is 49.4 Å². The van der Waals surface area contributed by atoms with Gasteiger partial charge >= 0.3 is 17.9 Å². The van der Waals surface area contributed by atoms with E-state index in [4.69, 9.17) is 28.4 Å². The molecular formula is C42H46O10. The van der Waals surface area contributed by atoms with Crippen LogP contribution < -0.4 is 9.47 Å². The Hall–Kier alpha value is -5.61. The van der Waals surface area contributed by atoms with E-state index in [2.05, 4.69) is 13.2 Å². The molecule has 3 aromatic carbocycles. The summed E-state index contributed by atoms with van der Waals surface area (Å²) in [7, 11) is 0. The Morgan fingerprint density at radius 3 is 1.62 bits per heavy atom. The van der Waals surface area contributed by atoms with Gasteiger partial charge in [0, 0.05) is 30.6 Å². The largest absolute Gasteiger partial charge is 0.494 e. The molecule has 0 fully saturated rings. The average molecular weight is 711 g/mol. The fourth-order valence-corrected chi connectivity index (χ4v) is 5.05. The molecule has 52 heavy (non-hydrogen) atoms. The summed E-state index contributed by atoms with van der Waals surface area (Å²) in [5.41, 5.74) is 3.02. The molecule has 3 aromatic rings. The van der Waals surface area contributed by atoms with Gasteiger partial charge in [-0.2, -0.15) is 0 Å². The molecule has 10 nitrogen and oxygen atoms in total. The van der Waals surface area contributed by atoms with Gasteiger partial charge in [-0.25, -0.2) is 14.4 Å². The van der Waals surface area contributed by atoms with Crippen molar-refractivity contribution in [1.82, 2.24) is 0 Å². The Morgan fingerprint density at radius 2 is 1.08 bits per heavy atom. The first-order chi connectivity index (χ1) is 25.3. The van der Waals surface area contributed by atoms with Crippen LogP contribution in [0, 0.1) is 0 Å². The van der Waals surface area contributed by atoms with Crippen molar-refractivity contribution in [2.24, 2.45) is 0 Å². The highest BCUT2D eigenvalue weighted by Gasteiger charge is 2.17. The molecule has 0 saturated carbocycles. The quantitative estimate of drug-likeness (QED) is 0.0358. The molecule has 1 N–H and O–H groups in total. The van der Waals surface area contributed by atoms with Crippen LogP contribution in [0.15, 0.2) is 122 Å². The number of aliphatic hydroxyl groups excluding tert-OH is 1. The van der Waals surface area contributed by atoms with Gasteiger partial charge in [-0.1, -0.05) is 49.6 Å². The summed E-state index contributed by atoms with van der Waals surface area (Å²) in [4.78, 5) is 34.8. The van der Waals surface area contributed by atoms with Gasteiger partial charge in [0.15, 0.2) is 0 Å². The van der Waals surface area contributed by atoms with E-state index in [-0.39, 0.29) is 5.97 Å². The maximum Gasteiger partial charge on any atom is 0.343 e. The summed E-state index contributed by atoms with van der Waals surface area (Å²) in [5, 5.41) is 10.7. The highest BCUT2D eigenvalue weighted by Crippen LogP contribution is 2.29. The van der Waals surface area contributed by atoms with Gasteiger partial charge < -0.3 is 33.5 Å². The number of aliphatic hydroxyl groups is 1. The van der Waals surface area contributed by atoms with E-state index in [1.54, 1.807) is 36.4 Å². The van der Waals surface area contributed by atoms with Crippen LogP contribution in [0.2, 0.25) is 0 Å². The predicted molar refractivity (Wildman–Crippen MR) is 196 cm³/mol. The Kier molecular flexibility index (Phi) is 16.3. The third-order valence-corrected chi connectivity index (χ3v) is 7.97. The minimum Gasteiger partial charge on any atom is -0.494 e. The molecule has 1 aliphatic rings. The van der Waals surface area contributed by atoms with E-state index in [1.165, 1.54) is 6.08 Å². The molecule has 1 unspecified atom stereocenters. The summed E-state index contributed by atoms with van der Waals surface area (Å²) >= 11 is 0. The smallest absolute Gasteiger partial charge is 0.343 e. The number of carbonyl (C=O) groups is 3. The summed E-state index contributed by atoms with van der Waals surface area (Å²) in [5.74, 6) is 1.21. The summed E-state index contributed by atoms with van der Waals surface area (Å²) in [6.07, 6.45) is 10.5. The lowest BCUT2D eigenvalue weighted by atomic mass is 10.0. The third-order valence-electron chi connectivity index (χ3n) is 7.97. The van der Waals surface area contributed by atoms with Gasteiger partial charge in [-0.3, -0.25) is 0 Å². The van der Waals surface area contributed by atoms with Crippen molar-refractivity contribution in [1.29, 1.82) is 0 Å². The number of unbranched alkanes of at least 4 members (excludes halogenated alkanes) is 4. The zero-order valence-corrected chi connectivity index (χ0v) is 29.3. The van der Waals surface area contributed by atoms with Crippen LogP contribution in [0.25, 0.3) is 11.1 Å². The molecule has 0 radical (unpaired) electrons. The van der Waals surface area contributed by atoms with Crippen molar-refractivity contribution < 1.29 is 47.9 Å². The van der Waals surface area contributed by atoms with Gasteiger partial charge in [0.25, 0.3) is 0 Å². The number of benzene rings is 3. The normalized spacial score (nSPS) is 12.7. The lowest BCUT2D eigenvalue weighted by molar-refractivity contribution is -0.138. The number of rotatable bonds is 22. The fraction of sp³-hybridized carbons (Fsp3) is 0.310. The molecule has 274 valence electrons. The van der Waals surface area contributed by atoms with Crippen LogP contribution in [0.1, 0.15) is 73.6 Å². The zero-order chi connectivity index (χ0) is 37.0. The monoisotopic (exact) mass is 710 g/mol. The minimum atomic E-state index is -1.15. The highest BCUT2D eigenvalue weighted by atomic mass is 16.6. The molecule has 0 spiro atoms. The second-order valence-electron chi connectivity index (χ2n) is 11.9. The van der Waals surface area contributed by atoms with Crippen LogP contribution in [-0.2, 0) is 28.5 Å². The molecule has 1 aliphatic carbocycles. The predicted octanol–water partition coefficient (Wildman–Crippen LogP) is 8.34. The molecule has 4 rings (SSSR count). The third kappa shape index (κ3) is 13.6. The van der Waals surface area contributed by atoms with Crippen LogP contribution in [0.3, 0.4) is 0 Å². The van der Waals surface area contributed by atoms with Crippen LogP contribution in [0.5, 0.6) is 11.5 Å². The van der Waals surface area contributed by atoms with Gasteiger partial charge in [0.1, 0.15) is 23.0 Å². The summed E-state index contributed by atoms with van der Waals surface area (Å²) in [6, 6.07) is 22.1. The second kappa shape index (κ2) is 21.6. The van der Waals surface area contributed by atoms with E-state index < -0.39 is 18.2 Å². The first-order valence-electron chi connectivity index (χ1n) is 17.5. The Morgan fingerprint density at radius 1 is 0.615 bits per heavy atom. The van der Waals surface area contributed by atoms with Crippen molar-refractivity contribution in [3.8, 4) is 22.6 Å². The molecule has 0 heterocycles. The van der Waals surface area contributed by atoms with Crippen molar-refractivity contribution >= 4 is 17.9 Å². The van der Waals surface area contributed by atoms with Gasteiger partial charge in [0.05, 0.1) is 32.0 Å². The zero-order valence-electron chi connectivity index (χ0n) is 29.3. The topological polar surface area (TPSA) is 127 Å². The first kappa shape index (κ1) is 39.2. The van der Waals surface area contributed by atoms with Gasteiger partial charge in [-0.15, -0.1) is 0 Å². The molecule has 1 atom stereocenters. The number of hydrogen-bond acceptors (Lipinski definition) is 10. The lowest BCUT2D eigenvalue weighted by Gasteiger charge is -2.19. The number of allylic oxidation sites excluding steroid dienone is 4. The summed E-state index contributed by atoms with van der Waals surface area (Å²) in [6.45, 7) is 8.52. The highest BCUT2D eigenvalue weighted by molar-refractivity contribution is 5.90. The van der Waals surface area contributed by atoms with E-state index in [9.17, 15) is 19.5 Å². The van der Waals surface area contributed by atoms with Crippen molar-refractivity contribution in [3.05, 3.63) is 133 Å². The van der Waals surface area contributed by atoms with Crippen LogP contribution in [0.4, 0.5) is 0 Å². The Bertz CT molecular complexity index is 1670.